The molecule has 1 aromatic heterocycles. The highest BCUT2D eigenvalue weighted by molar-refractivity contribution is 5.25. The minimum atomic E-state index is -2.56. The number of rotatable bonds is 3. The van der Waals surface area contributed by atoms with Gasteiger partial charge in [0.2, 0.25) is 0 Å². The standard InChI is InChI=1S/C11H17F2N3O/c1-16-6-8(9(14)11(12)13)10(15-16)7-2-4-17-5-3-7/h6-7,9,11H,2-5,14H2,1H3. The van der Waals surface area contributed by atoms with Gasteiger partial charge in [-0.1, -0.05) is 0 Å². The maximum Gasteiger partial charge on any atom is 0.257 e. The van der Waals surface area contributed by atoms with Gasteiger partial charge >= 0.3 is 0 Å². The molecule has 1 fully saturated rings. The Morgan fingerprint density at radius 3 is 2.71 bits per heavy atom. The Balaban J connectivity index is 2.26. The molecule has 4 nitrogen and oxygen atoms in total. The maximum atomic E-state index is 12.7. The van der Waals surface area contributed by atoms with Gasteiger partial charge in [0.15, 0.2) is 0 Å². The lowest BCUT2D eigenvalue weighted by molar-refractivity contribution is 0.0831. The van der Waals surface area contributed by atoms with Gasteiger partial charge in [-0.2, -0.15) is 5.10 Å². The van der Waals surface area contributed by atoms with Crippen LogP contribution in [0.15, 0.2) is 6.20 Å². The molecule has 96 valence electrons. The lowest BCUT2D eigenvalue weighted by Crippen LogP contribution is -2.22. The minimum Gasteiger partial charge on any atom is -0.381 e. The van der Waals surface area contributed by atoms with E-state index in [0.29, 0.717) is 24.5 Å². The van der Waals surface area contributed by atoms with Gasteiger partial charge in [-0.15, -0.1) is 0 Å². The molecule has 1 aliphatic rings. The molecule has 6 heteroatoms. The fourth-order valence-electron chi connectivity index (χ4n) is 2.20. The van der Waals surface area contributed by atoms with Gasteiger partial charge in [-0.3, -0.25) is 4.68 Å². The summed E-state index contributed by atoms with van der Waals surface area (Å²) in [6.45, 7) is 1.31. The molecule has 2 heterocycles. The van der Waals surface area contributed by atoms with Crippen LogP contribution < -0.4 is 5.73 Å². The van der Waals surface area contributed by atoms with Crippen molar-refractivity contribution in [3.63, 3.8) is 0 Å². The molecule has 0 bridgehead atoms. The van der Waals surface area contributed by atoms with Gasteiger partial charge in [0.25, 0.3) is 6.43 Å². The second-order valence-electron chi connectivity index (χ2n) is 4.39. The average Bonchev–Trinajstić information content (AvgIpc) is 2.71. The Labute approximate surface area is 98.7 Å². The third-order valence-electron chi connectivity index (χ3n) is 3.13. The van der Waals surface area contributed by atoms with Crippen LogP contribution in [-0.2, 0) is 11.8 Å². The Bertz CT molecular complexity index is 375. The molecule has 0 aromatic carbocycles. The second kappa shape index (κ2) is 5.10. The van der Waals surface area contributed by atoms with E-state index < -0.39 is 12.5 Å². The highest BCUT2D eigenvalue weighted by Gasteiger charge is 2.28. The molecule has 1 unspecified atom stereocenters. The highest BCUT2D eigenvalue weighted by atomic mass is 19.3. The molecule has 2 N–H and O–H groups in total. The van der Waals surface area contributed by atoms with Crippen LogP contribution in [-0.4, -0.2) is 29.4 Å². The van der Waals surface area contributed by atoms with Crippen molar-refractivity contribution < 1.29 is 13.5 Å². The topological polar surface area (TPSA) is 53.1 Å². The van der Waals surface area contributed by atoms with Gasteiger partial charge in [0, 0.05) is 37.9 Å². The number of aryl methyl sites for hydroxylation is 1. The van der Waals surface area contributed by atoms with Crippen molar-refractivity contribution in [3.05, 3.63) is 17.5 Å². The van der Waals surface area contributed by atoms with Crippen LogP contribution in [0, 0.1) is 0 Å². The van der Waals surface area contributed by atoms with Gasteiger partial charge in [-0.05, 0) is 12.8 Å². The van der Waals surface area contributed by atoms with Gasteiger partial charge in [0.1, 0.15) is 0 Å². The number of alkyl halides is 2. The molecule has 1 aliphatic heterocycles. The van der Waals surface area contributed by atoms with Crippen LogP contribution >= 0.6 is 0 Å². The molecule has 0 saturated carbocycles. The number of nitrogens with two attached hydrogens (primary N) is 1. The zero-order valence-electron chi connectivity index (χ0n) is 9.77. The third kappa shape index (κ3) is 2.63. The van der Waals surface area contributed by atoms with E-state index in [4.69, 9.17) is 10.5 Å². The first-order chi connectivity index (χ1) is 8.09. The summed E-state index contributed by atoms with van der Waals surface area (Å²) in [4.78, 5) is 0. The van der Waals surface area contributed by atoms with Crippen molar-refractivity contribution in [1.29, 1.82) is 0 Å². The fraction of sp³-hybridized carbons (Fsp3) is 0.727. The summed E-state index contributed by atoms with van der Waals surface area (Å²) in [5.41, 5.74) is 6.70. The van der Waals surface area contributed by atoms with E-state index in [1.807, 2.05) is 0 Å². The Kier molecular flexibility index (Phi) is 3.73. The highest BCUT2D eigenvalue weighted by Crippen LogP contribution is 2.32. The Morgan fingerprint density at radius 1 is 1.47 bits per heavy atom. The summed E-state index contributed by atoms with van der Waals surface area (Å²) in [6, 6.07) is -1.25. The summed E-state index contributed by atoms with van der Waals surface area (Å²) in [6.07, 6.45) is 0.680. The van der Waals surface area contributed by atoms with Crippen LogP contribution in [0.1, 0.15) is 36.1 Å². The largest absolute Gasteiger partial charge is 0.381 e. The fourth-order valence-corrected chi connectivity index (χ4v) is 2.20. The predicted octanol–water partition coefficient (Wildman–Crippen LogP) is 1.58. The number of hydrogen-bond donors (Lipinski definition) is 1. The van der Waals surface area contributed by atoms with Crippen molar-refractivity contribution in [2.24, 2.45) is 12.8 Å². The molecule has 0 spiro atoms. The summed E-state index contributed by atoms with van der Waals surface area (Å²) in [7, 11) is 1.73. The first-order valence-electron chi connectivity index (χ1n) is 5.74. The first kappa shape index (κ1) is 12.4. The Morgan fingerprint density at radius 2 is 2.12 bits per heavy atom. The number of hydrogen-bond acceptors (Lipinski definition) is 3. The van der Waals surface area contributed by atoms with Gasteiger partial charge < -0.3 is 10.5 Å². The molecular formula is C11H17F2N3O. The summed E-state index contributed by atoms with van der Waals surface area (Å²) < 4.78 is 32.2. The van der Waals surface area contributed by atoms with Gasteiger partial charge in [-0.25, -0.2) is 8.78 Å². The zero-order chi connectivity index (χ0) is 12.4. The quantitative estimate of drug-likeness (QED) is 0.879. The number of aromatic nitrogens is 2. The van der Waals surface area contributed by atoms with Crippen molar-refractivity contribution in [2.45, 2.75) is 31.2 Å². The third-order valence-corrected chi connectivity index (χ3v) is 3.13. The summed E-state index contributed by atoms with van der Waals surface area (Å²) >= 11 is 0. The number of halogens is 2. The van der Waals surface area contributed by atoms with Crippen LogP contribution in [0.5, 0.6) is 0 Å². The molecular weight excluding hydrogens is 228 g/mol. The summed E-state index contributed by atoms with van der Waals surface area (Å²) in [5.74, 6) is 0.185. The van der Waals surface area contributed by atoms with E-state index in [2.05, 4.69) is 5.10 Å². The smallest absolute Gasteiger partial charge is 0.257 e. The average molecular weight is 245 g/mol. The van der Waals surface area contributed by atoms with Crippen LogP contribution in [0.2, 0.25) is 0 Å². The maximum absolute atomic E-state index is 12.7. The van der Waals surface area contributed by atoms with Gasteiger partial charge in [0.05, 0.1) is 11.7 Å². The van der Waals surface area contributed by atoms with Crippen LogP contribution in [0.4, 0.5) is 8.78 Å². The molecule has 2 rings (SSSR count). The van der Waals surface area contributed by atoms with Crippen LogP contribution in [0.25, 0.3) is 0 Å². The van der Waals surface area contributed by atoms with E-state index in [-0.39, 0.29) is 5.92 Å². The molecule has 1 saturated heterocycles. The van der Waals surface area contributed by atoms with E-state index in [9.17, 15) is 8.78 Å². The predicted molar refractivity (Wildman–Crippen MR) is 58.9 cm³/mol. The zero-order valence-corrected chi connectivity index (χ0v) is 9.77. The van der Waals surface area contributed by atoms with Crippen molar-refractivity contribution in [1.82, 2.24) is 9.78 Å². The molecule has 1 aromatic rings. The van der Waals surface area contributed by atoms with Crippen molar-refractivity contribution in [3.8, 4) is 0 Å². The monoisotopic (exact) mass is 245 g/mol. The number of ether oxygens (including phenoxy) is 1. The molecule has 0 radical (unpaired) electrons. The van der Waals surface area contributed by atoms with E-state index in [0.717, 1.165) is 12.8 Å². The van der Waals surface area contributed by atoms with E-state index in [1.54, 1.807) is 17.9 Å². The normalized spacial score (nSPS) is 19.8. The molecule has 1 atom stereocenters. The summed E-state index contributed by atoms with van der Waals surface area (Å²) in [5, 5.41) is 4.29. The van der Waals surface area contributed by atoms with Crippen molar-refractivity contribution in [2.75, 3.05) is 13.2 Å². The molecule has 0 aliphatic carbocycles. The Hall–Kier alpha value is -1.01. The lowest BCUT2D eigenvalue weighted by Gasteiger charge is -2.22. The minimum absolute atomic E-state index is 0.185. The second-order valence-corrected chi connectivity index (χ2v) is 4.39. The molecule has 17 heavy (non-hydrogen) atoms. The lowest BCUT2D eigenvalue weighted by atomic mass is 9.92. The SMILES string of the molecule is Cn1cc(C(N)C(F)F)c(C2CCOCC2)n1. The van der Waals surface area contributed by atoms with E-state index in [1.165, 1.54) is 0 Å². The first-order valence-corrected chi connectivity index (χ1v) is 5.74. The van der Waals surface area contributed by atoms with Crippen molar-refractivity contribution >= 4 is 0 Å². The molecule has 0 amide bonds. The van der Waals surface area contributed by atoms with Crippen LogP contribution in [0.3, 0.4) is 0 Å². The number of nitrogens with zero attached hydrogens (tertiary/aromatic N) is 2. The van der Waals surface area contributed by atoms with E-state index >= 15 is 0 Å².